The summed E-state index contributed by atoms with van der Waals surface area (Å²) in [6.07, 6.45) is 0.00923. The summed E-state index contributed by atoms with van der Waals surface area (Å²) in [5.74, 6) is -0.640. The summed E-state index contributed by atoms with van der Waals surface area (Å²) in [6, 6.07) is 10.7. The van der Waals surface area contributed by atoms with E-state index in [1.807, 2.05) is 32.0 Å². The molecule has 7 heteroatoms. The van der Waals surface area contributed by atoms with E-state index in [9.17, 15) is 19.7 Å². The summed E-state index contributed by atoms with van der Waals surface area (Å²) < 4.78 is 0. The normalized spacial score (nSPS) is 17.0. The van der Waals surface area contributed by atoms with E-state index >= 15 is 0 Å². The zero-order valence-electron chi connectivity index (χ0n) is 13.9. The summed E-state index contributed by atoms with van der Waals surface area (Å²) in [4.78, 5) is 36.7. The number of carbonyl (C=O) groups excluding carboxylic acids is 2. The molecule has 1 saturated heterocycles. The van der Waals surface area contributed by atoms with Gasteiger partial charge in [0.2, 0.25) is 5.91 Å². The van der Waals surface area contributed by atoms with Crippen LogP contribution >= 0.6 is 0 Å². The number of nitrogens with one attached hydrogen (secondary N) is 1. The third-order valence-electron chi connectivity index (χ3n) is 4.21. The third kappa shape index (κ3) is 3.08. The zero-order valence-corrected chi connectivity index (χ0v) is 13.9. The number of aryl methyl sites for hydroxylation is 2. The summed E-state index contributed by atoms with van der Waals surface area (Å²) in [5, 5.41) is 13.8. The smallest absolute Gasteiger partial charge is 0.271 e. The van der Waals surface area contributed by atoms with Crippen molar-refractivity contribution in [3.63, 3.8) is 0 Å². The Morgan fingerprint density at radius 2 is 1.76 bits per heavy atom. The fourth-order valence-corrected chi connectivity index (χ4v) is 3.05. The number of benzene rings is 2. The Morgan fingerprint density at radius 1 is 1.12 bits per heavy atom. The van der Waals surface area contributed by atoms with Crippen molar-refractivity contribution in [3.8, 4) is 0 Å². The minimum Gasteiger partial charge on any atom is -0.373 e. The van der Waals surface area contributed by atoms with Gasteiger partial charge in [0.15, 0.2) is 0 Å². The molecule has 2 aromatic carbocycles. The van der Waals surface area contributed by atoms with Crippen molar-refractivity contribution < 1.29 is 14.5 Å². The fourth-order valence-electron chi connectivity index (χ4n) is 3.05. The van der Waals surface area contributed by atoms with Crippen LogP contribution in [0.25, 0.3) is 0 Å². The Labute approximate surface area is 144 Å². The maximum atomic E-state index is 12.8. The van der Waals surface area contributed by atoms with Gasteiger partial charge in [-0.15, -0.1) is 0 Å². The zero-order chi connectivity index (χ0) is 18.1. The monoisotopic (exact) mass is 339 g/mol. The number of imide groups is 1. The molecule has 2 aromatic rings. The van der Waals surface area contributed by atoms with E-state index in [0.29, 0.717) is 11.4 Å². The van der Waals surface area contributed by atoms with Gasteiger partial charge in [-0.2, -0.15) is 0 Å². The molecule has 0 spiro atoms. The molecule has 128 valence electrons. The molecule has 0 aromatic heterocycles. The maximum absolute atomic E-state index is 12.8. The van der Waals surface area contributed by atoms with Gasteiger partial charge in [0.25, 0.3) is 11.6 Å². The lowest BCUT2D eigenvalue weighted by molar-refractivity contribution is -0.384. The van der Waals surface area contributed by atoms with E-state index in [-0.39, 0.29) is 23.9 Å². The Balaban J connectivity index is 1.87. The van der Waals surface area contributed by atoms with Gasteiger partial charge in [0.05, 0.1) is 17.0 Å². The van der Waals surface area contributed by atoms with Gasteiger partial charge in [0, 0.05) is 17.8 Å². The highest BCUT2D eigenvalue weighted by molar-refractivity contribution is 6.23. The van der Waals surface area contributed by atoms with Crippen molar-refractivity contribution in [3.05, 3.63) is 63.7 Å². The highest BCUT2D eigenvalue weighted by Gasteiger charge is 2.40. The Hall–Kier alpha value is -3.22. The number of nitrogens with zero attached hydrogens (tertiary/aromatic N) is 2. The first kappa shape index (κ1) is 16.6. The molecule has 1 heterocycles. The van der Waals surface area contributed by atoms with Gasteiger partial charge < -0.3 is 5.32 Å². The van der Waals surface area contributed by atoms with Crippen LogP contribution in [0, 0.1) is 24.0 Å². The second kappa shape index (κ2) is 6.35. The molecule has 1 fully saturated rings. The Kier molecular flexibility index (Phi) is 4.22. The van der Waals surface area contributed by atoms with Crippen LogP contribution in [0.5, 0.6) is 0 Å². The van der Waals surface area contributed by atoms with E-state index in [1.165, 1.54) is 23.1 Å². The second-order valence-electron chi connectivity index (χ2n) is 6.02. The average Bonchev–Trinajstić information content (AvgIpc) is 2.82. The number of amides is 2. The number of rotatable bonds is 4. The highest BCUT2D eigenvalue weighted by Crippen LogP contribution is 2.31. The Morgan fingerprint density at radius 3 is 2.40 bits per heavy atom. The predicted octanol–water partition coefficient (Wildman–Crippen LogP) is 2.96. The molecular weight excluding hydrogens is 322 g/mol. The number of hydrogen-bond donors (Lipinski definition) is 1. The molecule has 0 radical (unpaired) electrons. The van der Waals surface area contributed by atoms with Gasteiger partial charge >= 0.3 is 0 Å². The lowest BCUT2D eigenvalue weighted by Crippen LogP contribution is -2.35. The van der Waals surface area contributed by atoms with Crippen molar-refractivity contribution in [2.24, 2.45) is 0 Å². The van der Waals surface area contributed by atoms with Gasteiger partial charge in [0.1, 0.15) is 6.04 Å². The van der Waals surface area contributed by atoms with Crippen LogP contribution in [-0.4, -0.2) is 22.8 Å². The summed E-state index contributed by atoms with van der Waals surface area (Å²) >= 11 is 0. The fraction of sp³-hybridized carbons (Fsp3) is 0.222. The number of carbonyl (C=O) groups is 2. The standard InChI is InChI=1S/C18H17N3O4/c1-11-5-3-6-12(2)17(11)20-16(22)10-15(18(20)23)19-13-7-4-8-14(9-13)21(24)25/h3-9,15,19H,10H2,1-2H3/t15-/m0/s1. The van der Waals surface area contributed by atoms with Crippen molar-refractivity contribution in [2.45, 2.75) is 26.3 Å². The van der Waals surface area contributed by atoms with Crippen LogP contribution < -0.4 is 10.2 Å². The van der Waals surface area contributed by atoms with E-state index in [0.717, 1.165) is 11.1 Å². The lowest BCUT2D eigenvalue weighted by atomic mass is 10.1. The maximum Gasteiger partial charge on any atom is 0.271 e. The van der Waals surface area contributed by atoms with Crippen LogP contribution in [0.1, 0.15) is 17.5 Å². The van der Waals surface area contributed by atoms with Crippen molar-refractivity contribution in [1.82, 2.24) is 0 Å². The van der Waals surface area contributed by atoms with Gasteiger partial charge in [-0.1, -0.05) is 24.3 Å². The number of nitro groups is 1. The average molecular weight is 339 g/mol. The summed E-state index contributed by atoms with van der Waals surface area (Å²) in [6.45, 7) is 3.70. The molecule has 0 bridgehead atoms. The minimum atomic E-state index is -0.742. The van der Waals surface area contributed by atoms with Gasteiger partial charge in [-0.25, -0.2) is 4.90 Å². The summed E-state index contributed by atoms with van der Waals surface area (Å²) in [5.41, 5.74) is 2.66. The first-order valence-corrected chi connectivity index (χ1v) is 7.82. The van der Waals surface area contributed by atoms with Gasteiger partial charge in [-0.05, 0) is 31.0 Å². The largest absolute Gasteiger partial charge is 0.373 e. The van der Waals surface area contributed by atoms with Gasteiger partial charge in [-0.3, -0.25) is 19.7 Å². The predicted molar refractivity (Wildman–Crippen MR) is 93.5 cm³/mol. The van der Waals surface area contributed by atoms with E-state index in [1.54, 1.807) is 6.07 Å². The highest BCUT2D eigenvalue weighted by atomic mass is 16.6. The van der Waals surface area contributed by atoms with Crippen molar-refractivity contribution in [2.75, 3.05) is 10.2 Å². The van der Waals surface area contributed by atoms with E-state index < -0.39 is 11.0 Å². The van der Waals surface area contributed by atoms with E-state index in [2.05, 4.69) is 5.32 Å². The van der Waals surface area contributed by atoms with Crippen LogP contribution in [0.3, 0.4) is 0 Å². The van der Waals surface area contributed by atoms with Crippen LogP contribution in [0.2, 0.25) is 0 Å². The number of para-hydroxylation sites is 1. The number of anilines is 2. The molecule has 1 aliphatic heterocycles. The molecule has 7 nitrogen and oxygen atoms in total. The molecule has 2 amide bonds. The quantitative estimate of drug-likeness (QED) is 0.525. The molecular formula is C18H17N3O4. The van der Waals surface area contributed by atoms with Crippen LogP contribution in [0.4, 0.5) is 17.1 Å². The molecule has 1 aliphatic rings. The SMILES string of the molecule is Cc1cccc(C)c1N1C(=O)C[C@H](Nc2cccc([N+](=O)[O-])c2)C1=O. The summed E-state index contributed by atoms with van der Waals surface area (Å²) in [7, 11) is 0. The lowest BCUT2D eigenvalue weighted by Gasteiger charge is -2.20. The van der Waals surface area contributed by atoms with E-state index in [4.69, 9.17) is 0 Å². The second-order valence-corrected chi connectivity index (χ2v) is 6.02. The molecule has 3 rings (SSSR count). The minimum absolute atomic E-state index is 0.00923. The third-order valence-corrected chi connectivity index (χ3v) is 4.21. The molecule has 25 heavy (non-hydrogen) atoms. The number of non-ortho nitro benzene ring substituents is 1. The van der Waals surface area contributed by atoms with Crippen molar-refractivity contribution in [1.29, 1.82) is 0 Å². The molecule has 0 unspecified atom stereocenters. The Bertz CT molecular complexity index is 858. The number of nitro benzene ring substituents is 1. The first-order valence-electron chi connectivity index (χ1n) is 7.82. The molecule has 0 aliphatic carbocycles. The molecule has 0 saturated carbocycles. The van der Waals surface area contributed by atoms with Crippen LogP contribution in [-0.2, 0) is 9.59 Å². The molecule has 1 atom stereocenters. The topological polar surface area (TPSA) is 92.6 Å². The first-order chi connectivity index (χ1) is 11.9. The van der Waals surface area contributed by atoms with Crippen molar-refractivity contribution >= 4 is 28.9 Å². The number of hydrogen-bond acceptors (Lipinski definition) is 5. The molecule has 1 N–H and O–H groups in total. The van der Waals surface area contributed by atoms with Crippen LogP contribution in [0.15, 0.2) is 42.5 Å².